The molecule has 0 bridgehead atoms. The lowest BCUT2D eigenvalue weighted by Gasteiger charge is -2.47. The Morgan fingerprint density at radius 2 is 1.94 bits per heavy atom. The van der Waals surface area contributed by atoms with Crippen LogP contribution in [0.2, 0.25) is 0 Å². The summed E-state index contributed by atoms with van der Waals surface area (Å²) in [6, 6.07) is 4.36. The molecule has 4 rings (SSSR count). The lowest BCUT2D eigenvalue weighted by atomic mass is 9.76. The van der Waals surface area contributed by atoms with Crippen LogP contribution in [-0.4, -0.2) is 46.9 Å². The minimum atomic E-state index is -4.49. The van der Waals surface area contributed by atoms with Gasteiger partial charge in [-0.25, -0.2) is 0 Å². The van der Waals surface area contributed by atoms with E-state index < -0.39 is 17.3 Å². The average molecular weight is 437 g/mol. The fourth-order valence-electron chi connectivity index (χ4n) is 4.71. The zero-order chi connectivity index (χ0) is 22.6. The summed E-state index contributed by atoms with van der Waals surface area (Å²) in [6.45, 7) is 5.35. The molecule has 1 aromatic heterocycles. The van der Waals surface area contributed by atoms with Crippen LogP contribution in [0.25, 0.3) is 11.3 Å². The summed E-state index contributed by atoms with van der Waals surface area (Å²) in [6.07, 6.45) is -2.39. The molecular formula is C22H26F3N3O3. The first-order valence-electron chi connectivity index (χ1n) is 10.2. The van der Waals surface area contributed by atoms with Crippen LogP contribution in [0.4, 0.5) is 19.0 Å². The van der Waals surface area contributed by atoms with Crippen molar-refractivity contribution >= 4 is 5.82 Å². The van der Waals surface area contributed by atoms with Crippen LogP contribution >= 0.6 is 0 Å². The van der Waals surface area contributed by atoms with Crippen molar-refractivity contribution in [3.8, 4) is 17.0 Å². The van der Waals surface area contributed by atoms with Crippen LogP contribution in [0, 0.1) is 6.92 Å². The number of rotatable bonds is 5. The van der Waals surface area contributed by atoms with Gasteiger partial charge >= 0.3 is 6.18 Å². The molecule has 1 aromatic carbocycles. The van der Waals surface area contributed by atoms with Crippen molar-refractivity contribution in [2.75, 3.05) is 18.8 Å². The van der Waals surface area contributed by atoms with E-state index in [4.69, 9.17) is 9.47 Å². The maximum atomic E-state index is 13.3. The molecule has 0 amide bonds. The van der Waals surface area contributed by atoms with E-state index in [2.05, 4.69) is 22.0 Å². The van der Waals surface area contributed by atoms with Gasteiger partial charge in [0.25, 0.3) is 0 Å². The van der Waals surface area contributed by atoms with Gasteiger partial charge in [-0.1, -0.05) is 0 Å². The van der Waals surface area contributed by atoms with E-state index in [9.17, 15) is 18.3 Å². The number of hydrogen-bond acceptors (Lipinski definition) is 6. The zero-order valence-electron chi connectivity index (χ0n) is 18.0. The molecule has 31 heavy (non-hydrogen) atoms. The van der Waals surface area contributed by atoms with E-state index in [-0.39, 0.29) is 24.6 Å². The molecule has 1 N–H and O–H groups in total. The molecule has 2 aromatic rings. The van der Waals surface area contributed by atoms with E-state index in [0.717, 1.165) is 29.9 Å². The summed E-state index contributed by atoms with van der Waals surface area (Å²) >= 11 is 0. The fraction of sp³-hybridized carbons (Fsp3) is 0.545. The number of anilines is 1. The number of ether oxygens (including phenoxy) is 2. The van der Waals surface area contributed by atoms with Crippen LogP contribution in [0.1, 0.15) is 43.4 Å². The summed E-state index contributed by atoms with van der Waals surface area (Å²) < 4.78 is 50.3. The van der Waals surface area contributed by atoms with Gasteiger partial charge in [0.15, 0.2) is 12.6 Å². The number of nitrogens with zero attached hydrogens (tertiary/aromatic N) is 3. The van der Waals surface area contributed by atoms with E-state index in [0.29, 0.717) is 29.7 Å². The van der Waals surface area contributed by atoms with Gasteiger partial charge in [0.05, 0.1) is 16.9 Å². The molecule has 6 nitrogen and oxygen atoms in total. The Morgan fingerprint density at radius 1 is 1.23 bits per heavy atom. The fourth-order valence-corrected chi connectivity index (χ4v) is 4.71. The highest BCUT2D eigenvalue weighted by atomic mass is 19.4. The molecule has 1 aliphatic carbocycles. The number of benzene rings is 1. The average Bonchev–Trinajstić information content (AvgIpc) is 2.97. The van der Waals surface area contributed by atoms with Gasteiger partial charge in [0, 0.05) is 30.3 Å². The second-order valence-electron chi connectivity index (χ2n) is 8.81. The van der Waals surface area contributed by atoms with Crippen molar-refractivity contribution < 1.29 is 27.8 Å². The van der Waals surface area contributed by atoms with E-state index in [1.54, 1.807) is 6.92 Å². The highest BCUT2D eigenvalue weighted by molar-refractivity contribution is 5.73. The van der Waals surface area contributed by atoms with Crippen LogP contribution in [0.5, 0.6) is 5.75 Å². The molecule has 0 radical (unpaired) electrons. The van der Waals surface area contributed by atoms with Crippen molar-refractivity contribution in [3.05, 3.63) is 34.9 Å². The van der Waals surface area contributed by atoms with Gasteiger partial charge in [-0.3, -0.25) is 0 Å². The van der Waals surface area contributed by atoms with Gasteiger partial charge in [-0.05, 0) is 63.8 Å². The molecule has 0 spiro atoms. The molecule has 1 unspecified atom stereocenters. The predicted octanol–water partition coefficient (Wildman–Crippen LogP) is 4.12. The SMILES string of the molecule is COCOc1cc(C(F)(F)F)cc(C)c1-c1cc2c(nn1)N(C1CC(C)(O)C1)C(C)C2. The van der Waals surface area contributed by atoms with E-state index >= 15 is 0 Å². The number of hydrogen-bond donors (Lipinski definition) is 1. The lowest BCUT2D eigenvalue weighted by molar-refractivity contribution is -0.137. The maximum Gasteiger partial charge on any atom is 0.416 e. The summed E-state index contributed by atoms with van der Waals surface area (Å²) in [5.41, 5.74) is 0.884. The standard InChI is InChI=1S/C22H26F3N3O3/c1-12-5-15(22(23,24)25)8-18(31-11-30-4)19(12)17-7-14-6-13(2)28(20(14)27-26-17)16-9-21(3,29)10-16/h5,7-8,13,16,29H,6,9-11H2,1-4H3. The van der Waals surface area contributed by atoms with Crippen LogP contribution < -0.4 is 9.64 Å². The summed E-state index contributed by atoms with van der Waals surface area (Å²) in [5.74, 6) is 0.835. The van der Waals surface area contributed by atoms with Gasteiger partial charge in [-0.15, -0.1) is 10.2 Å². The summed E-state index contributed by atoms with van der Waals surface area (Å²) in [4.78, 5) is 2.20. The van der Waals surface area contributed by atoms with Crippen LogP contribution in [0.15, 0.2) is 18.2 Å². The number of alkyl halides is 3. The first-order valence-corrected chi connectivity index (χ1v) is 10.2. The quantitative estimate of drug-likeness (QED) is 0.710. The normalized spacial score (nSPS) is 25.4. The number of aromatic nitrogens is 2. The smallest absolute Gasteiger partial charge is 0.416 e. The topological polar surface area (TPSA) is 67.7 Å². The monoisotopic (exact) mass is 437 g/mol. The summed E-state index contributed by atoms with van der Waals surface area (Å²) in [5, 5.41) is 18.9. The number of methoxy groups -OCH3 is 1. The van der Waals surface area contributed by atoms with E-state index in [1.165, 1.54) is 7.11 Å². The maximum absolute atomic E-state index is 13.3. The molecule has 2 aliphatic rings. The minimum absolute atomic E-state index is 0.0568. The molecule has 1 aliphatic heterocycles. The number of aryl methyl sites for hydroxylation is 1. The number of halogens is 3. The Hall–Kier alpha value is -2.39. The second-order valence-corrected chi connectivity index (χ2v) is 8.81. The first kappa shape index (κ1) is 21.8. The van der Waals surface area contributed by atoms with Crippen molar-refractivity contribution in [1.82, 2.24) is 10.2 Å². The van der Waals surface area contributed by atoms with Gasteiger partial charge in [-0.2, -0.15) is 13.2 Å². The number of fused-ring (bicyclic) bond motifs is 1. The highest BCUT2D eigenvalue weighted by Crippen LogP contribution is 2.44. The molecule has 2 heterocycles. The van der Waals surface area contributed by atoms with Crippen LogP contribution in [0.3, 0.4) is 0 Å². The third-order valence-electron chi connectivity index (χ3n) is 6.04. The molecule has 1 atom stereocenters. The Labute approximate surface area is 179 Å². The Balaban J connectivity index is 1.72. The second kappa shape index (κ2) is 7.63. The molecule has 0 saturated heterocycles. The van der Waals surface area contributed by atoms with Crippen molar-refractivity contribution in [2.45, 2.75) is 63.9 Å². The highest BCUT2D eigenvalue weighted by Gasteiger charge is 2.46. The van der Waals surface area contributed by atoms with Gasteiger partial charge in [0.2, 0.25) is 0 Å². The largest absolute Gasteiger partial charge is 0.467 e. The third-order valence-corrected chi connectivity index (χ3v) is 6.04. The zero-order valence-corrected chi connectivity index (χ0v) is 18.0. The molecular weight excluding hydrogens is 411 g/mol. The molecule has 1 saturated carbocycles. The summed E-state index contributed by atoms with van der Waals surface area (Å²) in [7, 11) is 1.41. The van der Waals surface area contributed by atoms with Crippen molar-refractivity contribution in [3.63, 3.8) is 0 Å². The van der Waals surface area contributed by atoms with Crippen molar-refractivity contribution in [1.29, 1.82) is 0 Å². The molecule has 9 heteroatoms. The Morgan fingerprint density at radius 3 is 2.55 bits per heavy atom. The molecule has 1 fully saturated rings. The lowest BCUT2D eigenvalue weighted by Crippen LogP contribution is -2.55. The van der Waals surface area contributed by atoms with Crippen molar-refractivity contribution in [2.24, 2.45) is 0 Å². The Kier molecular flexibility index (Phi) is 5.37. The van der Waals surface area contributed by atoms with Gasteiger partial charge in [0.1, 0.15) is 5.75 Å². The Bertz CT molecular complexity index is 986. The minimum Gasteiger partial charge on any atom is -0.467 e. The van der Waals surface area contributed by atoms with Gasteiger partial charge < -0.3 is 19.5 Å². The third kappa shape index (κ3) is 4.08. The predicted molar refractivity (Wildman–Crippen MR) is 109 cm³/mol. The number of aliphatic hydroxyl groups is 1. The van der Waals surface area contributed by atoms with Crippen LogP contribution in [-0.2, 0) is 17.3 Å². The first-order chi connectivity index (χ1) is 14.5. The van der Waals surface area contributed by atoms with E-state index in [1.807, 2.05) is 13.0 Å². The molecule has 168 valence electrons.